The predicted molar refractivity (Wildman–Crippen MR) is 89.1 cm³/mol. The number of anilines is 1. The first-order valence-electron chi connectivity index (χ1n) is 8.15. The Balaban J connectivity index is 1.80. The van der Waals surface area contributed by atoms with E-state index in [1.807, 2.05) is 0 Å². The Labute approximate surface area is 152 Å². The van der Waals surface area contributed by atoms with E-state index in [9.17, 15) is 23.2 Å². The zero-order chi connectivity index (χ0) is 19.6. The summed E-state index contributed by atoms with van der Waals surface area (Å²) in [5, 5.41) is 2.32. The van der Waals surface area contributed by atoms with Crippen molar-refractivity contribution < 1.29 is 32.3 Å². The highest BCUT2D eigenvalue weighted by atomic mass is 19.1. The minimum absolute atomic E-state index is 0.0932. The van der Waals surface area contributed by atoms with Crippen LogP contribution in [0.2, 0.25) is 0 Å². The molecule has 1 N–H and O–H groups in total. The fraction of sp³-hybridized carbons (Fsp3) is 0.278. The van der Waals surface area contributed by atoms with E-state index in [1.54, 1.807) is 6.07 Å². The van der Waals surface area contributed by atoms with Crippen molar-refractivity contribution in [2.24, 2.45) is 0 Å². The first-order chi connectivity index (χ1) is 12.9. The molecule has 7 nitrogen and oxygen atoms in total. The number of benzene rings is 1. The number of methoxy groups -OCH3 is 1. The van der Waals surface area contributed by atoms with Crippen molar-refractivity contribution in [2.75, 3.05) is 19.0 Å². The maximum absolute atomic E-state index is 14.0. The molecule has 9 heteroatoms. The van der Waals surface area contributed by atoms with E-state index in [4.69, 9.17) is 4.42 Å². The highest BCUT2D eigenvalue weighted by Gasteiger charge is 2.36. The lowest BCUT2D eigenvalue weighted by Gasteiger charge is -2.23. The van der Waals surface area contributed by atoms with Gasteiger partial charge < -0.3 is 19.4 Å². The van der Waals surface area contributed by atoms with E-state index >= 15 is 0 Å². The zero-order valence-electron chi connectivity index (χ0n) is 14.3. The molecule has 1 atom stereocenters. The fourth-order valence-electron chi connectivity index (χ4n) is 2.95. The molecule has 0 radical (unpaired) electrons. The minimum atomic E-state index is -1.10. The quantitative estimate of drug-likeness (QED) is 0.826. The van der Waals surface area contributed by atoms with E-state index in [0.717, 1.165) is 13.2 Å². The lowest BCUT2D eigenvalue weighted by Crippen LogP contribution is -2.43. The summed E-state index contributed by atoms with van der Waals surface area (Å²) in [5.41, 5.74) is -0.886. The Kier molecular flexibility index (Phi) is 5.20. The molecule has 1 aromatic carbocycles. The van der Waals surface area contributed by atoms with Crippen LogP contribution in [-0.2, 0) is 9.53 Å². The number of carbonyl (C=O) groups is 3. The number of hydrogen-bond acceptors (Lipinski definition) is 5. The molecule has 3 rings (SSSR count). The van der Waals surface area contributed by atoms with Crippen molar-refractivity contribution in [2.45, 2.75) is 18.9 Å². The summed E-state index contributed by atoms with van der Waals surface area (Å²) in [5.74, 6) is -4.15. The van der Waals surface area contributed by atoms with Crippen LogP contribution >= 0.6 is 0 Å². The van der Waals surface area contributed by atoms with Gasteiger partial charge in [-0.2, -0.15) is 0 Å². The van der Waals surface area contributed by atoms with Crippen molar-refractivity contribution in [3.8, 4) is 0 Å². The predicted octanol–water partition coefficient (Wildman–Crippen LogP) is 2.59. The summed E-state index contributed by atoms with van der Waals surface area (Å²) in [6.07, 6.45) is 2.31. The molecule has 0 saturated carbocycles. The van der Waals surface area contributed by atoms with Gasteiger partial charge in [0.2, 0.25) is 5.91 Å². The Morgan fingerprint density at radius 2 is 2.04 bits per heavy atom. The van der Waals surface area contributed by atoms with E-state index in [2.05, 4.69) is 10.1 Å². The zero-order valence-corrected chi connectivity index (χ0v) is 14.3. The molecule has 1 aliphatic heterocycles. The van der Waals surface area contributed by atoms with Crippen LogP contribution in [0.25, 0.3) is 0 Å². The van der Waals surface area contributed by atoms with Crippen molar-refractivity contribution in [3.63, 3.8) is 0 Å². The number of rotatable bonds is 4. The Bertz CT molecular complexity index is 882. The number of hydrogen-bond donors (Lipinski definition) is 1. The van der Waals surface area contributed by atoms with Crippen molar-refractivity contribution in [1.82, 2.24) is 4.90 Å². The molecule has 27 heavy (non-hydrogen) atoms. The van der Waals surface area contributed by atoms with Crippen LogP contribution in [-0.4, -0.2) is 42.4 Å². The summed E-state index contributed by atoms with van der Waals surface area (Å²) < 4.78 is 37.2. The fourth-order valence-corrected chi connectivity index (χ4v) is 2.95. The Morgan fingerprint density at radius 1 is 1.26 bits per heavy atom. The van der Waals surface area contributed by atoms with Crippen molar-refractivity contribution in [1.29, 1.82) is 0 Å². The molecule has 2 aromatic rings. The third-order valence-corrected chi connectivity index (χ3v) is 4.27. The van der Waals surface area contributed by atoms with Gasteiger partial charge in [-0.05, 0) is 31.0 Å². The van der Waals surface area contributed by atoms with Crippen molar-refractivity contribution in [3.05, 3.63) is 53.5 Å². The smallest absolute Gasteiger partial charge is 0.340 e. The third-order valence-electron chi connectivity index (χ3n) is 4.27. The highest BCUT2D eigenvalue weighted by molar-refractivity contribution is 6.01. The monoisotopic (exact) mass is 378 g/mol. The molecule has 1 saturated heterocycles. The summed E-state index contributed by atoms with van der Waals surface area (Å²) in [6.45, 7) is 0.344. The average molecular weight is 378 g/mol. The van der Waals surface area contributed by atoms with Crippen LogP contribution in [0.4, 0.5) is 14.5 Å². The molecule has 1 aromatic heterocycles. The van der Waals surface area contributed by atoms with E-state index in [1.165, 1.54) is 17.2 Å². The van der Waals surface area contributed by atoms with Crippen LogP contribution in [0.3, 0.4) is 0 Å². The number of esters is 1. The summed E-state index contributed by atoms with van der Waals surface area (Å²) in [4.78, 5) is 37.9. The number of ether oxygens (including phenoxy) is 1. The molecule has 1 aliphatic rings. The molecule has 142 valence electrons. The molecule has 1 fully saturated rings. The van der Waals surface area contributed by atoms with Gasteiger partial charge in [0.15, 0.2) is 5.76 Å². The largest absolute Gasteiger partial charge is 0.465 e. The second-order valence-corrected chi connectivity index (χ2v) is 5.93. The van der Waals surface area contributed by atoms with Gasteiger partial charge in [0.05, 0.1) is 24.6 Å². The normalized spacial score (nSPS) is 16.3. The van der Waals surface area contributed by atoms with Gasteiger partial charge in [-0.3, -0.25) is 9.59 Å². The van der Waals surface area contributed by atoms with Crippen LogP contribution in [0.15, 0.2) is 34.9 Å². The molecule has 2 amide bonds. The van der Waals surface area contributed by atoms with Gasteiger partial charge in [0.25, 0.3) is 5.91 Å². The van der Waals surface area contributed by atoms with Gasteiger partial charge in [-0.1, -0.05) is 0 Å². The van der Waals surface area contributed by atoms with Gasteiger partial charge in [0, 0.05) is 12.6 Å². The van der Waals surface area contributed by atoms with Crippen LogP contribution in [0, 0.1) is 11.6 Å². The number of halogens is 2. The second kappa shape index (κ2) is 7.56. The molecule has 1 unspecified atom stereocenters. The lowest BCUT2D eigenvalue weighted by molar-refractivity contribution is -0.119. The second-order valence-electron chi connectivity index (χ2n) is 5.93. The number of nitrogens with zero attached hydrogens (tertiary/aromatic N) is 1. The molecule has 2 heterocycles. The van der Waals surface area contributed by atoms with Gasteiger partial charge in [0.1, 0.15) is 17.7 Å². The Morgan fingerprint density at radius 3 is 2.70 bits per heavy atom. The highest BCUT2D eigenvalue weighted by Crippen LogP contribution is 2.24. The van der Waals surface area contributed by atoms with Crippen LogP contribution in [0.1, 0.15) is 33.8 Å². The number of furan rings is 1. The van der Waals surface area contributed by atoms with E-state index < -0.39 is 41.0 Å². The summed E-state index contributed by atoms with van der Waals surface area (Å²) in [6, 6.07) is 3.55. The standard InChI is InChI=1S/C18H16F2N2O5/c1-26-18(25)10-8-13(12(20)9-11(10)19)21-16(23)14-4-2-6-22(14)17(24)15-5-3-7-27-15/h3,5,7-9,14H,2,4,6H2,1H3,(H,21,23). The van der Waals surface area contributed by atoms with Crippen LogP contribution in [0.5, 0.6) is 0 Å². The molecule has 0 bridgehead atoms. The number of likely N-dealkylation sites (tertiary alicyclic amines) is 1. The van der Waals surface area contributed by atoms with Crippen molar-refractivity contribution >= 4 is 23.5 Å². The minimum Gasteiger partial charge on any atom is -0.465 e. The molecule has 0 aliphatic carbocycles. The summed E-state index contributed by atoms with van der Waals surface area (Å²) >= 11 is 0. The maximum atomic E-state index is 14.0. The topological polar surface area (TPSA) is 88.9 Å². The molecule has 0 spiro atoms. The van der Waals surface area contributed by atoms with Crippen LogP contribution < -0.4 is 5.32 Å². The summed E-state index contributed by atoms with van der Waals surface area (Å²) in [7, 11) is 1.06. The first-order valence-corrected chi connectivity index (χ1v) is 8.15. The average Bonchev–Trinajstić information content (AvgIpc) is 3.34. The molecular weight excluding hydrogens is 362 g/mol. The van der Waals surface area contributed by atoms with E-state index in [0.29, 0.717) is 25.5 Å². The number of nitrogens with one attached hydrogen (secondary N) is 1. The SMILES string of the molecule is COC(=O)c1cc(NC(=O)C2CCCN2C(=O)c2ccco2)c(F)cc1F. The maximum Gasteiger partial charge on any atom is 0.340 e. The van der Waals surface area contributed by atoms with Gasteiger partial charge >= 0.3 is 5.97 Å². The van der Waals surface area contributed by atoms with Gasteiger partial charge in [-0.15, -0.1) is 0 Å². The van der Waals surface area contributed by atoms with E-state index in [-0.39, 0.29) is 11.4 Å². The molecular formula is C18H16F2N2O5. The third kappa shape index (κ3) is 3.67. The number of amides is 2. The van der Waals surface area contributed by atoms with Gasteiger partial charge in [-0.25, -0.2) is 13.6 Å². The lowest BCUT2D eigenvalue weighted by atomic mass is 10.1. The number of carbonyl (C=O) groups excluding carboxylic acids is 3. The first kappa shape index (κ1) is 18.6. The Hall–Kier alpha value is -3.23.